The van der Waals surface area contributed by atoms with Crippen LogP contribution in [-0.4, -0.2) is 7.11 Å². The molecule has 0 amide bonds. The average molecular weight is 204 g/mol. The molecule has 1 aromatic carbocycles. The van der Waals surface area contributed by atoms with E-state index in [1.54, 1.807) is 7.11 Å². The van der Waals surface area contributed by atoms with Crippen molar-refractivity contribution in [2.75, 3.05) is 7.11 Å². The van der Waals surface area contributed by atoms with Gasteiger partial charge in [-0.05, 0) is 30.4 Å². The molecule has 0 N–H and O–H groups in total. The van der Waals surface area contributed by atoms with Crippen molar-refractivity contribution >= 4 is 0 Å². The van der Waals surface area contributed by atoms with Gasteiger partial charge in [0.25, 0.3) is 0 Å². The molecule has 0 aliphatic heterocycles. The van der Waals surface area contributed by atoms with Gasteiger partial charge in [0.1, 0.15) is 0 Å². The lowest BCUT2D eigenvalue weighted by molar-refractivity contribution is 0.119. The number of methoxy groups -OCH3 is 1. The van der Waals surface area contributed by atoms with Gasteiger partial charge in [-0.1, -0.05) is 37.3 Å². The smallest absolute Gasteiger partial charge is 0.0793 e. The highest BCUT2D eigenvalue weighted by Gasteiger charge is 2.04. The minimum absolute atomic E-state index is 0.177. The lowest BCUT2D eigenvalue weighted by Gasteiger charge is -2.11. The fraction of sp³-hybridized carbons (Fsp3) is 0.429. The number of hydrogen-bond donors (Lipinski definition) is 0. The van der Waals surface area contributed by atoms with Gasteiger partial charge in [0.05, 0.1) is 6.10 Å². The largest absolute Gasteiger partial charge is 0.377 e. The Morgan fingerprint density at radius 1 is 1.27 bits per heavy atom. The minimum Gasteiger partial charge on any atom is -0.377 e. The molecule has 0 aromatic heterocycles. The summed E-state index contributed by atoms with van der Waals surface area (Å²) in [6.45, 7) is 8.03. The van der Waals surface area contributed by atoms with Crippen LogP contribution in [0.2, 0.25) is 0 Å². The molecule has 0 heterocycles. The number of rotatable bonds is 5. The van der Waals surface area contributed by atoms with Gasteiger partial charge in [0.15, 0.2) is 0 Å². The van der Waals surface area contributed by atoms with Crippen LogP contribution >= 0.6 is 0 Å². The quantitative estimate of drug-likeness (QED) is 0.664. The third kappa shape index (κ3) is 3.52. The Kier molecular flexibility index (Phi) is 4.57. The molecule has 1 aromatic rings. The number of benzene rings is 1. The first-order valence-corrected chi connectivity index (χ1v) is 5.41. The molecule has 0 saturated carbocycles. The van der Waals surface area contributed by atoms with Gasteiger partial charge < -0.3 is 4.74 Å². The Balaban J connectivity index is 2.67. The molecule has 82 valence electrons. The summed E-state index contributed by atoms with van der Waals surface area (Å²) in [5, 5.41) is 0. The summed E-state index contributed by atoms with van der Waals surface area (Å²) in [7, 11) is 1.73. The Morgan fingerprint density at radius 3 is 2.33 bits per heavy atom. The van der Waals surface area contributed by atoms with E-state index in [1.165, 1.54) is 11.1 Å². The van der Waals surface area contributed by atoms with Crippen LogP contribution in [0.25, 0.3) is 0 Å². The third-order valence-electron chi connectivity index (χ3n) is 2.76. The van der Waals surface area contributed by atoms with Gasteiger partial charge >= 0.3 is 0 Å². The fourth-order valence-corrected chi connectivity index (χ4v) is 1.52. The Hall–Kier alpha value is -1.08. The second kappa shape index (κ2) is 5.72. The van der Waals surface area contributed by atoms with E-state index in [-0.39, 0.29) is 6.10 Å². The fourth-order valence-electron chi connectivity index (χ4n) is 1.52. The Labute approximate surface area is 92.8 Å². The summed E-state index contributed by atoms with van der Waals surface area (Å²) in [4.78, 5) is 0. The van der Waals surface area contributed by atoms with Crippen LogP contribution in [0.5, 0.6) is 0 Å². The molecule has 1 rings (SSSR count). The minimum atomic E-state index is 0.177. The predicted octanol–water partition coefficient (Wildman–Crippen LogP) is 3.76. The van der Waals surface area contributed by atoms with Crippen molar-refractivity contribution in [1.82, 2.24) is 0 Å². The van der Waals surface area contributed by atoms with E-state index < -0.39 is 0 Å². The molecule has 1 nitrogen and oxygen atoms in total. The van der Waals surface area contributed by atoms with E-state index in [2.05, 4.69) is 44.7 Å². The summed E-state index contributed by atoms with van der Waals surface area (Å²) in [6.07, 6.45) is 3.23. The van der Waals surface area contributed by atoms with Crippen molar-refractivity contribution in [3.05, 3.63) is 48.0 Å². The average Bonchev–Trinajstić information content (AvgIpc) is 2.29. The summed E-state index contributed by atoms with van der Waals surface area (Å²) < 4.78 is 5.26. The maximum absolute atomic E-state index is 5.26. The molecular formula is C14H20O. The van der Waals surface area contributed by atoms with E-state index >= 15 is 0 Å². The summed E-state index contributed by atoms with van der Waals surface area (Å²) in [5.41, 5.74) is 2.59. The van der Waals surface area contributed by atoms with E-state index in [4.69, 9.17) is 4.74 Å². The second-order valence-electron chi connectivity index (χ2n) is 4.04. The molecule has 0 bridgehead atoms. The number of allylic oxidation sites excluding steroid dienone is 1. The van der Waals surface area contributed by atoms with Crippen molar-refractivity contribution in [3.63, 3.8) is 0 Å². The highest BCUT2D eigenvalue weighted by Crippen LogP contribution is 2.17. The lowest BCUT2D eigenvalue weighted by Crippen LogP contribution is -1.98. The van der Waals surface area contributed by atoms with Crippen molar-refractivity contribution in [2.45, 2.75) is 26.4 Å². The van der Waals surface area contributed by atoms with Crippen LogP contribution in [0.1, 0.15) is 31.1 Å². The van der Waals surface area contributed by atoms with Gasteiger partial charge in [-0.2, -0.15) is 0 Å². The molecule has 1 heteroatoms. The maximum Gasteiger partial charge on any atom is 0.0793 e. The monoisotopic (exact) mass is 204 g/mol. The zero-order chi connectivity index (χ0) is 11.3. The first-order valence-electron chi connectivity index (χ1n) is 5.41. The van der Waals surface area contributed by atoms with Crippen LogP contribution < -0.4 is 0 Å². The Bertz CT molecular complexity index is 300. The zero-order valence-electron chi connectivity index (χ0n) is 9.86. The van der Waals surface area contributed by atoms with E-state index in [1.807, 2.05) is 6.08 Å². The van der Waals surface area contributed by atoms with Crippen molar-refractivity contribution < 1.29 is 4.74 Å². The molecule has 2 unspecified atom stereocenters. The van der Waals surface area contributed by atoms with Gasteiger partial charge in [-0.15, -0.1) is 6.58 Å². The number of ether oxygens (including phenoxy) is 1. The van der Waals surface area contributed by atoms with E-state index in [0.717, 1.165) is 6.42 Å². The third-order valence-corrected chi connectivity index (χ3v) is 2.76. The molecule has 15 heavy (non-hydrogen) atoms. The SMILES string of the molecule is C=CC(C)Cc1ccc(C(C)OC)cc1. The highest BCUT2D eigenvalue weighted by molar-refractivity contribution is 5.24. The molecular weight excluding hydrogens is 184 g/mol. The van der Waals surface area contributed by atoms with Crippen LogP contribution in [0.3, 0.4) is 0 Å². The maximum atomic E-state index is 5.26. The number of hydrogen-bond acceptors (Lipinski definition) is 1. The van der Waals surface area contributed by atoms with Gasteiger partial charge in [0, 0.05) is 7.11 Å². The van der Waals surface area contributed by atoms with Gasteiger partial charge in [-0.25, -0.2) is 0 Å². The van der Waals surface area contributed by atoms with Crippen LogP contribution in [-0.2, 0) is 11.2 Å². The molecule has 0 aliphatic carbocycles. The molecule has 2 atom stereocenters. The van der Waals surface area contributed by atoms with Crippen molar-refractivity contribution in [3.8, 4) is 0 Å². The summed E-state index contributed by atoms with van der Waals surface area (Å²) >= 11 is 0. The van der Waals surface area contributed by atoms with Crippen LogP contribution in [0, 0.1) is 5.92 Å². The normalized spacial score (nSPS) is 14.6. The summed E-state index contributed by atoms with van der Waals surface area (Å²) in [5.74, 6) is 0.538. The van der Waals surface area contributed by atoms with Crippen molar-refractivity contribution in [1.29, 1.82) is 0 Å². The molecule has 0 fully saturated rings. The highest BCUT2D eigenvalue weighted by atomic mass is 16.5. The topological polar surface area (TPSA) is 9.23 Å². The lowest BCUT2D eigenvalue weighted by atomic mass is 9.99. The molecule has 0 radical (unpaired) electrons. The van der Waals surface area contributed by atoms with Crippen molar-refractivity contribution in [2.24, 2.45) is 5.92 Å². The van der Waals surface area contributed by atoms with E-state index in [0.29, 0.717) is 5.92 Å². The second-order valence-corrected chi connectivity index (χ2v) is 4.04. The Morgan fingerprint density at radius 2 is 1.87 bits per heavy atom. The summed E-state index contributed by atoms with van der Waals surface area (Å²) in [6, 6.07) is 8.62. The predicted molar refractivity (Wildman–Crippen MR) is 64.9 cm³/mol. The molecule has 0 aliphatic rings. The van der Waals surface area contributed by atoms with E-state index in [9.17, 15) is 0 Å². The van der Waals surface area contributed by atoms with Gasteiger partial charge in [0.2, 0.25) is 0 Å². The zero-order valence-corrected chi connectivity index (χ0v) is 9.86. The van der Waals surface area contributed by atoms with Crippen LogP contribution in [0.15, 0.2) is 36.9 Å². The molecule has 0 saturated heterocycles. The first kappa shape index (κ1) is 12.0. The van der Waals surface area contributed by atoms with Crippen LogP contribution in [0.4, 0.5) is 0 Å². The van der Waals surface area contributed by atoms with Gasteiger partial charge in [-0.3, -0.25) is 0 Å². The molecule has 0 spiro atoms. The standard InChI is InChI=1S/C14H20O/c1-5-11(2)10-13-6-8-14(9-7-13)12(3)15-4/h5-9,11-12H,1,10H2,2-4H3. The first-order chi connectivity index (χ1) is 7.17.